The van der Waals surface area contributed by atoms with Gasteiger partial charge in [0, 0.05) is 5.56 Å². The zero-order valence-electron chi connectivity index (χ0n) is 10.8. The number of benzene rings is 2. The topological polar surface area (TPSA) is 40.9 Å². The number of nitriles is 1. The van der Waals surface area contributed by atoms with Gasteiger partial charge in [0.1, 0.15) is 0 Å². The normalized spacial score (nSPS) is 21.1. The highest BCUT2D eigenvalue weighted by Gasteiger charge is 2.44. The van der Waals surface area contributed by atoms with Crippen LogP contribution in [0.15, 0.2) is 48.5 Å². The van der Waals surface area contributed by atoms with Crippen LogP contribution in [0.4, 0.5) is 4.39 Å². The molecule has 0 saturated carbocycles. The van der Waals surface area contributed by atoms with E-state index in [1.165, 1.54) is 12.1 Å². The molecule has 1 aliphatic rings. The first-order chi connectivity index (χ1) is 9.65. The van der Waals surface area contributed by atoms with Crippen LogP contribution < -0.4 is 0 Å². The molecule has 0 spiro atoms. The largest absolute Gasteiger partial charge is 0.290 e. The molecule has 20 heavy (non-hydrogen) atoms. The summed E-state index contributed by atoms with van der Waals surface area (Å²) in [6, 6.07) is 15.3. The van der Waals surface area contributed by atoms with E-state index in [0.29, 0.717) is 23.1 Å². The third-order valence-corrected chi connectivity index (χ3v) is 3.83. The Labute approximate surface area is 116 Å². The maximum atomic E-state index is 15.2. The molecule has 1 aliphatic carbocycles. The fraction of sp³-hybridized carbons (Fsp3) is 0.176. The highest BCUT2D eigenvalue weighted by Crippen LogP contribution is 2.39. The zero-order valence-corrected chi connectivity index (χ0v) is 10.8. The first kappa shape index (κ1) is 12.6. The molecule has 0 saturated heterocycles. The number of alkyl halides is 1. The van der Waals surface area contributed by atoms with Crippen LogP contribution in [0.5, 0.6) is 0 Å². The summed E-state index contributed by atoms with van der Waals surface area (Å²) in [6.45, 7) is 0. The van der Waals surface area contributed by atoms with Crippen molar-refractivity contribution in [1.82, 2.24) is 0 Å². The first-order valence-electron chi connectivity index (χ1n) is 6.47. The van der Waals surface area contributed by atoms with E-state index in [1.807, 2.05) is 18.2 Å². The summed E-state index contributed by atoms with van der Waals surface area (Å²) in [7, 11) is 0. The Kier molecular flexibility index (Phi) is 2.87. The van der Waals surface area contributed by atoms with Crippen molar-refractivity contribution in [2.75, 3.05) is 0 Å². The summed E-state index contributed by atoms with van der Waals surface area (Å²) in [5.41, 5.74) is 0.171. The minimum atomic E-state index is -1.98. The number of aryl methyl sites for hydroxylation is 1. The Balaban J connectivity index is 2.05. The van der Waals surface area contributed by atoms with Crippen molar-refractivity contribution in [2.24, 2.45) is 0 Å². The lowest BCUT2D eigenvalue weighted by molar-refractivity contribution is 0.0630. The third kappa shape index (κ3) is 1.81. The number of ketones is 1. The number of hydrogen-bond donors (Lipinski definition) is 0. The van der Waals surface area contributed by atoms with E-state index in [4.69, 9.17) is 5.26 Å². The van der Waals surface area contributed by atoms with Gasteiger partial charge >= 0.3 is 0 Å². The minimum absolute atomic E-state index is 0.148. The molecule has 0 bridgehead atoms. The molecule has 1 atom stereocenters. The lowest BCUT2D eigenvalue weighted by Gasteiger charge is -2.30. The number of fused-ring (bicyclic) bond motifs is 1. The van der Waals surface area contributed by atoms with Crippen LogP contribution in [-0.4, -0.2) is 5.78 Å². The quantitative estimate of drug-likeness (QED) is 0.791. The minimum Gasteiger partial charge on any atom is -0.290 e. The number of Topliss-reactive ketones (excluding diaryl/α,β-unsaturated/α-hetero) is 1. The van der Waals surface area contributed by atoms with E-state index in [1.54, 1.807) is 24.3 Å². The first-order valence-corrected chi connectivity index (χ1v) is 6.47. The fourth-order valence-corrected chi connectivity index (χ4v) is 2.68. The van der Waals surface area contributed by atoms with Crippen molar-refractivity contribution in [2.45, 2.75) is 18.5 Å². The van der Waals surface area contributed by atoms with Gasteiger partial charge in [-0.25, -0.2) is 4.39 Å². The zero-order chi connectivity index (χ0) is 14.2. The Morgan fingerprint density at radius 1 is 1.10 bits per heavy atom. The maximum absolute atomic E-state index is 15.2. The SMILES string of the molecule is N#Cc1ccc(C2(F)CCc3ccccc3C2=O)cc1. The predicted molar refractivity (Wildman–Crippen MR) is 73.0 cm³/mol. The highest BCUT2D eigenvalue weighted by molar-refractivity contribution is 6.05. The van der Waals surface area contributed by atoms with Crippen LogP contribution in [-0.2, 0) is 12.1 Å². The van der Waals surface area contributed by atoms with Crippen molar-refractivity contribution in [3.05, 3.63) is 70.8 Å². The Bertz CT molecular complexity index is 715. The standard InChI is InChI=1S/C17H12FNO/c18-17(14-7-5-12(11-19)6-8-14)10-9-13-3-1-2-4-15(13)16(17)20/h1-8H,9-10H2. The van der Waals surface area contributed by atoms with Crippen molar-refractivity contribution in [1.29, 1.82) is 5.26 Å². The van der Waals surface area contributed by atoms with Gasteiger partial charge < -0.3 is 0 Å². The number of carbonyl (C=O) groups excluding carboxylic acids is 1. The lowest BCUT2D eigenvalue weighted by Crippen LogP contribution is -2.36. The van der Waals surface area contributed by atoms with Crippen LogP contribution in [0.25, 0.3) is 0 Å². The number of halogens is 1. The number of carbonyl (C=O) groups is 1. The molecular formula is C17H12FNO. The van der Waals surface area contributed by atoms with Gasteiger partial charge in [0.15, 0.2) is 5.67 Å². The molecule has 1 unspecified atom stereocenters. The summed E-state index contributed by atoms with van der Waals surface area (Å²) in [6.07, 6.45) is 0.688. The maximum Gasteiger partial charge on any atom is 0.204 e. The van der Waals surface area contributed by atoms with E-state index < -0.39 is 11.5 Å². The molecule has 0 N–H and O–H groups in total. The number of hydrogen-bond acceptors (Lipinski definition) is 2. The molecule has 3 heteroatoms. The van der Waals surface area contributed by atoms with Crippen LogP contribution in [0.1, 0.15) is 33.5 Å². The number of nitrogens with zero attached hydrogens (tertiary/aromatic N) is 1. The molecule has 0 heterocycles. The monoisotopic (exact) mass is 265 g/mol. The summed E-state index contributed by atoms with van der Waals surface area (Å²) >= 11 is 0. The second kappa shape index (κ2) is 4.57. The molecule has 98 valence electrons. The van der Waals surface area contributed by atoms with E-state index >= 15 is 4.39 Å². The highest BCUT2D eigenvalue weighted by atomic mass is 19.1. The summed E-state index contributed by atoms with van der Waals surface area (Å²) in [4.78, 5) is 12.5. The number of rotatable bonds is 1. The second-order valence-electron chi connectivity index (χ2n) is 4.98. The second-order valence-corrected chi connectivity index (χ2v) is 4.98. The van der Waals surface area contributed by atoms with Gasteiger partial charge in [0.2, 0.25) is 5.78 Å². The average molecular weight is 265 g/mol. The molecule has 0 radical (unpaired) electrons. The van der Waals surface area contributed by atoms with Crippen LogP contribution >= 0.6 is 0 Å². The molecule has 0 aliphatic heterocycles. The van der Waals surface area contributed by atoms with Crippen LogP contribution in [0.2, 0.25) is 0 Å². The van der Waals surface area contributed by atoms with E-state index in [-0.39, 0.29) is 6.42 Å². The average Bonchev–Trinajstić information content (AvgIpc) is 2.51. The summed E-state index contributed by atoms with van der Waals surface area (Å²) in [5.74, 6) is -0.482. The lowest BCUT2D eigenvalue weighted by atomic mass is 9.76. The Morgan fingerprint density at radius 2 is 1.80 bits per heavy atom. The van der Waals surface area contributed by atoms with Crippen molar-refractivity contribution >= 4 is 5.78 Å². The van der Waals surface area contributed by atoms with Gasteiger partial charge in [-0.05, 0) is 36.1 Å². The molecule has 2 nitrogen and oxygen atoms in total. The third-order valence-electron chi connectivity index (χ3n) is 3.83. The van der Waals surface area contributed by atoms with Crippen LogP contribution in [0.3, 0.4) is 0 Å². The van der Waals surface area contributed by atoms with Gasteiger partial charge in [-0.3, -0.25) is 4.79 Å². The van der Waals surface area contributed by atoms with Gasteiger partial charge in [-0.1, -0.05) is 36.4 Å². The van der Waals surface area contributed by atoms with Crippen molar-refractivity contribution in [3.8, 4) is 6.07 Å². The molecule has 0 fully saturated rings. The Morgan fingerprint density at radius 3 is 2.50 bits per heavy atom. The fourth-order valence-electron chi connectivity index (χ4n) is 2.68. The predicted octanol–water partition coefficient (Wildman–Crippen LogP) is 3.55. The Hall–Kier alpha value is -2.47. The van der Waals surface area contributed by atoms with Gasteiger partial charge in [-0.2, -0.15) is 5.26 Å². The molecule has 2 aromatic carbocycles. The van der Waals surface area contributed by atoms with Crippen molar-refractivity contribution in [3.63, 3.8) is 0 Å². The molecule has 3 rings (SSSR count). The molecule has 2 aromatic rings. The van der Waals surface area contributed by atoms with Crippen LogP contribution in [0, 0.1) is 11.3 Å². The smallest absolute Gasteiger partial charge is 0.204 e. The van der Waals surface area contributed by atoms with Crippen molar-refractivity contribution < 1.29 is 9.18 Å². The van der Waals surface area contributed by atoms with E-state index in [9.17, 15) is 4.79 Å². The molecule has 0 amide bonds. The van der Waals surface area contributed by atoms with Gasteiger partial charge in [0.25, 0.3) is 0 Å². The van der Waals surface area contributed by atoms with Gasteiger partial charge in [-0.15, -0.1) is 0 Å². The molecular weight excluding hydrogens is 253 g/mol. The molecule has 0 aromatic heterocycles. The van der Waals surface area contributed by atoms with E-state index in [2.05, 4.69) is 0 Å². The summed E-state index contributed by atoms with van der Waals surface area (Å²) < 4.78 is 15.2. The summed E-state index contributed by atoms with van der Waals surface area (Å²) in [5, 5.41) is 8.77. The van der Waals surface area contributed by atoms with Gasteiger partial charge in [0.05, 0.1) is 11.6 Å². The van der Waals surface area contributed by atoms with E-state index in [0.717, 1.165) is 5.56 Å².